The quantitative estimate of drug-likeness (QED) is 0.530. The third-order valence-electron chi connectivity index (χ3n) is 4.08. The minimum absolute atomic E-state index is 0. The lowest BCUT2D eigenvalue weighted by molar-refractivity contribution is 0.0985. The van der Waals surface area contributed by atoms with Gasteiger partial charge in [-0.2, -0.15) is 0 Å². The molecule has 1 amide bonds. The number of benzene rings is 2. The molecule has 0 unspecified atom stereocenters. The van der Waals surface area contributed by atoms with Gasteiger partial charge in [0.25, 0.3) is 5.91 Å². The van der Waals surface area contributed by atoms with E-state index in [9.17, 15) is 9.18 Å². The van der Waals surface area contributed by atoms with Gasteiger partial charge in [-0.25, -0.2) is 9.37 Å². The summed E-state index contributed by atoms with van der Waals surface area (Å²) in [5.41, 5.74) is 0.834. The highest BCUT2D eigenvalue weighted by Gasteiger charge is 2.22. The number of hydrogen-bond donors (Lipinski definition) is 0. The highest BCUT2D eigenvalue weighted by Crippen LogP contribution is 2.31. The Morgan fingerprint density at radius 2 is 1.83 bits per heavy atom. The highest BCUT2D eigenvalue weighted by molar-refractivity contribution is 7.22. The second-order valence-electron chi connectivity index (χ2n) is 7.03. The Morgan fingerprint density at radius 3 is 2.41 bits per heavy atom. The van der Waals surface area contributed by atoms with Gasteiger partial charge in [0.15, 0.2) is 5.13 Å². The Morgan fingerprint density at radius 1 is 1.14 bits per heavy atom. The number of carbonyl (C=O) groups excluding carboxylic acids is 1. The van der Waals surface area contributed by atoms with Crippen molar-refractivity contribution in [1.29, 1.82) is 0 Å². The van der Waals surface area contributed by atoms with Crippen LogP contribution in [-0.2, 0) is 0 Å². The summed E-state index contributed by atoms with van der Waals surface area (Å²) in [6.07, 6.45) is 0.0655. The normalized spacial score (nSPS) is 11.0. The number of anilines is 1. The number of rotatable bonds is 7. The molecule has 29 heavy (non-hydrogen) atoms. The topological polar surface area (TPSA) is 45.7 Å². The van der Waals surface area contributed by atoms with E-state index in [0.29, 0.717) is 35.1 Å². The van der Waals surface area contributed by atoms with Gasteiger partial charge in [0.2, 0.25) is 0 Å². The van der Waals surface area contributed by atoms with Crippen molar-refractivity contribution in [2.24, 2.45) is 0 Å². The lowest BCUT2D eigenvalue weighted by Gasteiger charge is -2.22. The molecule has 8 heteroatoms. The molecular formula is C21H25ClFN3O2S. The highest BCUT2D eigenvalue weighted by atomic mass is 35.5. The average molecular weight is 438 g/mol. The zero-order valence-electron chi connectivity index (χ0n) is 16.9. The fourth-order valence-corrected chi connectivity index (χ4v) is 3.71. The van der Waals surface area contributed by atoms with Gasteiger partial charge in [-0.15, -0.1) is 12.4 Å². The maximum Gasteiger partial charge on any atom is 0.260 e. The van der Waals surface area contributed by atoms with E-state index in [0.717, 1.165) is 4.70 Å². The molecule has 0 spiro atoms. The van der Waals surface area contributed by atoms with Crippen LogP contribution in [0.25, 0.3) is 10.2 Å². The van der Waals surface area contributed by atoms with Crippen molar-refractivity contribution in [1.82, 2.24) is 9.88 Å². The molecule has 0 N–H and O–H groups in total. The van der Waals surface area contributed by atoms with Crippen LogP contribution in [0.5, 0.6) is 5.75 Å². The summed E-state index contributed by atoms with van der Waals surface area (Å²) in [7, 11) is 3.89. The van der Waals surface area contributed by atoms with Crippen molar-refractivity contribution >= 4 is 45.0 Å². The smallest absolute Gasteiger partial charge is 0.260 e. The van der Waals surface area contributed by atoms with E-state index in [1.54, 1.807) is 35.2 Å². The number of carbonyl (C=O) groups is 1. The lowest BCUT2D eigenvalue weighted by Crippen LogP contribution is -2.36. The number of hydrogen-bond acceptors (Lipinski definition) is 5. The van der Waals surface area contributed by atoms with E-state index >= 15 is 0 Å². The van der Waals surface area contributed by atoms with Gasteiger partial charge in [-0.1, -0.05) is 17.4 Å². The molecule has 2 aromatic carbocycles. The predicted molar refractivity (Wildman–Crippen MR) is 119 cm³/mol. The Kier molecular flexibility index (Phi) is 7.96. The van der Waals surface area contributed by atoms with Crippen molar-refractivity contribution in [2.45, 2.75) is 20.0 Å². The minimum Gasteiger partial charge on any atom is -0.491 e. The number of fused-ring (bicyclic) bond motifs is 1. The second kappa shape index (κ2) is 10.0. The number of likely N-dealkylation sites (N-methyl/N-ethyl adjacent to an activating group) is 1. The van der Waals surface area contributed by atoms with Crippen LogP contribution in [0, 0.1) is 5.82 Å². The van der Waals surface area contributed by atoms with Crippen LogP contribution in [0.1, 0.15) is 24.2 Å². The van der Waals surface area contributed by atoms with Crippen molar-refractivity contribution in [2.75, 3.05) is 32.1 Å². The Bertz CT molecular complexity index is 960. The fourth-order valence-electron chi connectivity index (χ4n) is 2.71. The van der Waals surface area contributed by atoms with Gasteiger partial charge >= 0.3 is 0 Å². The number of nitrogens with zero attached hydrogens (tertiary/aromatic N) is 3. The molecule has 0 aliphatic heterocycles. The zero-order chi connectivity index (χ0) is 20.3. The van der Waals surface area contributed by atoms with Crippen molar-refractivity contribution < 1.29 is 13.9 Å². The Hall–Kier alpha value is -2.22. The summed E-state index contributed by atoms with van der Waals surface area (Å²) in [5, 5.41) is 0.495. The lowest BCUT2D eigenvalue weighted by atomic mass is 10.2. The molecule has 0 fully saturated rings. The maximum absolute atomic E-state index is 14.1. The number of thiazole rings is 1. The van der Waals surface area contributed by atoms with E-state index in [1.165, 1.54) is 17.4 Å². The average Bonchev–Trinajstić information content (AvgIpc) is 3.07. The van der Waals surface area contributed by atoms with Crippen LogP contribution in [0.4, 0.5) is 9.52 Å². The van der Waals surface area contributed by atoms with Gasteiger partial charge < -0.3 is 9.64 Å². The summed E-state index contributed by atoms with van der Waals surface area (Å²) in [6.45, 7) is 5.03. The maximum atomic E-state index is 14.1. The molecule has 0 saturated heterocycles. The first kappa shape index (κ1) is 23.1. The summed E-state index contributed by atoms with van der Waals surface area (Å²) in [5.74, 6) is 0.168. The van der Waals surface area contributed by atoms with E-state index in [-0.39, 0.29) is 30.2 Å². The van der Waals surface area contributed by atoms with Gasteiger partial charge in [-0.3, -0.25) is 9.69 Å². The monoisotopic (exact) mass is 437 g/mol. The van der Waals surface area contributed by atoms with Crippen LogP contribution in [-0.4, -0.2) is 49.1 Å². The van der Waals surface area contributed by atoms with E-state index in [2.05, 4.69) is 4.98 Å². The third kappa shape index (κ3) is 5.65. The number of aromatic nitrogens is 1. The van der Waals surface area contributed by atoms with Crippen molar-refractivity contribution in [3.63, 3.8) is 0 Å². The number of amides is 1. The standard InChI is InChI=1S/C21H24FN3O2S.ClH/c1-14(2)27-16-10-8-15(9-11-16)20(26)25(13-12-24(3)4)21-23-19-17(22)6-5-7-18(19)28-21;/h5-11,14H,12-13H2,1-4H3;1H. The summed E-state index contributed by atoms with van der Waals surface area (Å²) >= 11 is 1.32. The molecule has 1 aromatic heterocycles. The summed E-state index contributed by atoms with van der Waals surface area (Å²) in [6, 6.07) is 11.9. The van der Waals surface area contributed by atoms with E-state index < -0.39 is 0 Å². The molecule has 0 radical (unpaired) electrons. The van der Waals surface area contributed by atoms with Gasteiger partial charge in [-0.05, 0) is 64.3 Å². The van der Waals surface area contributed by atoms with E-state index in [4.69, 9.17) is 4.74 Å². The summed E-state index contributed by atoms with van der Waals surface area (Å²) in [4.78, 5) is 21.2. The van der Waals surface area contributed by atoms with Gasteiger partial charge in [0.05, 0.1) is 10.8 Å². The Balaban J connectivity index is 0.00000300. The van der Waals surface area contributed by atoms with Crippen LogP contribution < -0.4 is 9.64 Å². The largest absolute Gasteiger partial charge is 0.491 e. The molecule has 0 saturated carbocycles. The van der Waals surface area contributed by atoms with Gasteiger partial charge in [0.1, 0.15) is 17.1 Å². The predicted octanol–water partition coefficient (Wildman–Crippen LogP) is 4.85. The van der Waals surface area contributed by atoms with Crippen LogP contribution in [0.15, 0.2) is 42.5 Å². The van der Waals surface area contributed by atoms with Crippen molar-refractivity contribution in [3.05, 3.63) is 53.8 Å². The first-order valence-electron chi connectivity index (χ1n) is 9.13. The van der Waals surface area contributed by atoms with Crippen molar-refractivity contribution in [3.8, 4) is 5.75 Å². The number of ether oxygens (including phenoxy) is 1. The Labute approximate surface area is 180 Å². The van der Waals surface area contributed by atoms with Crippen LogP contribution in [0.3, 0.4) is 0 Å². The second-order valence-corrected chi connectivity index (χ2v) is 8.04. The molecular weight excluding hydrogens is 413 g/mol. The minimum atomic E-state index is -0.379. The molecule has 3 aromatic rings. The number of para-hydroxylation sites is 1. The summed E-state index contributed by atoms with van der Waals surface area (Å²) < 4.78 is 20.4. The molecule has 3 rings (SSSR count). The molecule has 0 atom stereocenters. The molecule has 156 valence electrons. The fraction of sp³-hybridized carbons (Fsp3) is 0.333. The third-order valence-corrected chi connectivity index (χ3v) is 5.12. The van der Waals surface area contributed by atoms with Gasteiger partial charge in [0, 0.05) is 18.7 Å². The SMILES string of the molecule is CC(C)Oc1ccc(C(=O)N(CCN(C)C)c2nc3c(F)cccc3s2)cc1.Cl. The zero-order valence-corrected chi connectivity index (χ0v) is 18.5. The molecule has 0 bridgehead atoms. The van der Waals surface area contributed by atoms with Crippen LogP contribution >= 0.6 is 23.7 Å². The molecule has 1 heterocycles. The molecule has 0 aliphatic rings. The number of halogens is 2. The first-order chi connectivity index (χ1) is 13.3. The van der Waals surface area contributed by atoms with E-state index in [1.807, 2.05) is 38.9 Å². The molecule has 0 aliphatic carbocycles. The first-order valence-corrected chi connectivity index (χ1v) is 9.95. The molecule has 5 nitrogen and oxygen atoms in total. The van der Waals surface area contributed by atoms with Crippen LogP contribution in [0.2, 0.25) is 0 Å².